The van der Waals surface area contributed by atoms with Gasteiger partial charge < -0.3 is 40.6 Å². The summed E-state index contributed by atoms with van der Waals surface area (Å²) in [4.78, 5) is 90.4. The summed E-state index contributed by atoms with van der Waals surface area (Å²) in [5.41, 5.74) is 2.52. The molecule has 2 aromatic rings. The first kappa shape index (κ1) is 58.8. The average molecular weight is 977 g/mol. The van der Waals surface area contributed by atoms with Crippen molar-refractivity contribution >= 4 is 41.7 Å². The van der Waals surface area contributed by atoms with Gasteiger partial charge in [-0.05, 0) is 102 Å². The van der Waals surface area contributed by atoms with Gasteiger partial charge in [0, 0.05) is 31.7 Å². The number of hydrogen-bond acceptors (Lipinski definition) is 10. The minimum Gasteiger partial charge on any atom is -0.480 e. The molecule has 0 bridgehead atoms. The van der Waals surface area contributed by atoms with Crippen LogP contribution in [0.2, 0.25) is 0 Å². The van der Waals surface area contributed by atoms with Crippen molar-refractivity contribution in [2.75, 3.05) is 13.2 Å². The lowest BCUT2D eigenvalue weighted by Gasteiger charge is -2.26. The molecule has 0 aromatic heterocycles. The van der Waals surface area contributed by atoms with Crippen LogP contribution in [0.25, 0.3) is 11.1 Å². The molecule has 70 heavy (non-hydrogen) atoms. The highest BCUT2D eigenvalue weighted by Gasteiger charge is 2.32. The van der Waals surface area contributed by atoms with Crippen LogP contribution in [-0.4, -0.2) is 89.3 Å². The highest BCUT2D eigenvalue weighted by molar-refractivity contribution is 5.88. The minimum absolute atomic E-state index is 0.0461. The fourth-order valence-corrected chi connectivity index (χ4v) is 8.46. The van der Waals surface area contributed by atoms with Crippen LogP contribution >= 0.6 is 0 Å². The quantitative estimate of drug-likeness (QED) is 0.0258. The Morgan fingerprint density at radius 2 is 0.971 bits per heavy atom. The lowest BCUT2D eigenvalue weighted by Crippen LogP contribution is -2.47. The van der Waals surface area contributed by atoms with Gasteiger partial charge >= 0.3 is 24.0 Å². The number of benzene rings is 2. The zero-order valence-electron chi connectivity index (χ0n) is 43.2. The molecule has 2 unspecified atom stereocenters. The standard InChI is InChI=1S/C55H84N4O11/c1-8-9-10-11-12-13-14-15-16-17-18-19-20-32-48(61)57-46(52(66)70-55(5,6)7)34-36-49(62)58-45(51(65)69-54(2,3)4)33-35-47(60)56-37-26-25-31-44(50(63)64)59-53(67)68-38-43-41-29-23-21-27-39(41)40-28-22-24-30-42(40)43/h21-24,27-30,43-46H,8-20,25-26,31-38H2,1-7H3,(H,56,60)(H,57,61)(H,58,62)(H,59,67)(H,63,64)/t44?,45-,46?/m0/s1. The van der Waals surface area contributed by atoms with Crippen molar-refractivity contribution < 1.29 is 52.9 Å². The van der Waals surface area contributed by atoms with Gasteiger partial charge in [0.15, 0.2) is 0 Å². The van der Waals surface area contributed by atoms with E-state index in [0.29, 0.717) is 19.3 Å². The first-order valence-corrected chi connectivity index (χ1v) is 25.9. The van der Waals surface area contributed by atoms with Crippen molar-refractivity contribution in [2.45, 2.75) is 219 Å². The van der Waals surface area contributed by atoms with E-state index < -0.39 is 65.1 Å². The Hall–Kier alpha value is -5.47. The van der Waals surface area contributed by atoms with Crippen LogP contribution in [-0.2, 0) is 43.0 Å². The summed E-state index contributed by atoms with van der Waals surface area (Å²) in [5, 5.41) is 20.5. The molecule has 0 saturated heterocycles. The normalized spacial score (nSPS) is 13.5. The van der Waals surface area contributed by atoms with Crippen LogP contribution in [0.1, 0.15) is 200 Å². The number of hydrogen-bond donors (Lipinski definition) is 5. The molecule has 0 aliphatic heterocycles. The molecular weight excluding hydrogens is 893 g/mol. The lowest BCUT2D eigenvalue weighted by atomic mass is 9.98. The molecule has 0 radical (unpaired) electrons. The van der Waals surface area contributed by atoms with Gasteiger partial charge in [0.05, 0.1) is 0 Å². The maximum absolute atomic E-state index is 13.3. The SMILES string of the molecule is CCCCCCCCCCCCCCCC(=O)NC(CCC(=O)N[C@@H](CCC(=O)NCCCCC(NC(=O)OCC1c2ccccc2-c2ccccc21)C(=O)O)C(=O)OC(C)(C)C)C(=O)OC(C)(C)C. The van der Waals surface area contributed by atoms with Gasteiger partial charge in [0.25, 0.3) is 0 Å². The van der Waals surface area contributed by atoms with Crippen molar-refractivity contribution in [2.24, 2.45) is 0 Å². The first-order chi connectivity index (χ1) is 33.3. The van der Waals surface area contributed by atoms with Crippen molar-refractivity contribution in [1.82, 2.24) is 21.3 Å². The van der Waals surface area contributed by atoms with E-state index in [0.717, 1.165) is 41.5 Å². The predicted molar refractivity (Wildman–Crippen MR) is 271 cm³/mol. The monoisotopic (exact) mass is 977 g/mol. The number of ether oxygens (including phenoxy) is 3. The van der Waals surface area contributed by atoms with Crippen molar-refractivity contribution in [3.8, 4) is 11.1 Å². The fraction of sp³-hybridized carbons (Fsp3) is 0.655. The van der Waals surface area contributed by atoms with Crippen molar-refractivity contribution in [1.29, 1.82) is 0 Å². The largest absolute Gasteiger partial charge is 0.480 e. The minimum atomic E-state index is -1.21. The third-order valence-electron chi connectivity index (χ3n) is 12.1. The number of nitrogens with one attached hydrogen (secondary N) is 4. The van der Waals surface area contributed by atoms with Gasteiger partial charge in [-0.2, -0.15) is 0 Å². The highest BCUT2D eigenvalue weighted by atomic mass is 16.6. The second-order valence-corrected chi connectivity index (χ2v) is 20.6. The van der Waals surface area contributed by atoms with E-state index in [-0.39, 0.29) is 63.5 Å². The molecule has 3 rings (SSSR count). The van der Waals surface area contributed by atoms with Crippen LogP contribution < -0.4 is 21.3 Å². The Labute approximate surface area is 417 Å². The maximum Gasteiger partial charge on any atom is 0.407 e. The van der Waals surface area contributed by atoms with Crippen LogP contribution in [0.3, 0.4) is 0 Å². The molecule has 0 saturated carbocycles. The second-order valence-electron chi connectivity index (χ2n) is 20.6. The number of carbonyl (C=O) groups is 7. The molecule has 0 spiro atoms. The number of aliphatic carboxylic acids is 1. The van der Waals surface area contributed by atoms with Crippen LogP contribution in [0.4, 0.5) is 4.79 Å². The summed E-state index contributed by atoms with van der Waals surface area (Å²) in [5.74, 6) is -4.05. The van der Waals surface area contributed by atoms with Gasteiger partial charge in [-0.15, -0.1) is 0 Å². The molecule has 1 aliphatic carbocycles. The molecule has 3 atom stereocenters. The van der Waals surface area contributed by atoms with E-state index in [1.165, 1.54) is 57.8 Å². The van der Waals surface area contributed by atoms with Gasteiger partial charge in [-0.1, -0.05) is 133 Å². The Kier molecular flexibility index (Phi) is 26.0. The van der Waals surface area contributed by atoms with Gasteiger partial charge in [0.1, 0.15) is 35.9 Å². The number of amides is 4. The summed E-state index contributed by atoms with van der Waals surface area (Å²) in [6.45, 7) is 12.7. The van der Waals surface area contributed by atoms with E-state index in [2.05, 4.69) is 28.2 Å². The number of alkyl carbamates (subject to hydrolysis) is 1. The molecule has 5 N–H and O–H groups in total. The molecule has 1 aliphatic rings. The molecular formula is C55H84N4O11. The lowest BCUT2D eigenvalue weighted by molar-refractivity contribution is -0.160. The maximum atomic E-state index is 13.3. The van der Waals surface area contributed by atoms with E-state index in [1.54, 1.807) is 41.5 Å². The number of unbranched alkanes of at least 4 members (excludes halogenated alkanes) is 13. The molecule has 390 valence electrons. The number of carbonyl (C=O) groups excluding carboxylic acids is 6. The van der Waals surface area contributed by atoms with E-state index in [1.807, 2.05) is 48.5 Å². The van der Waals surface area contributed by atoms with Crippen molar-refractivity contribution in [3.63, 3.8) is 0 Å². The zero-order valence-corrected chi connectivity index (χ0v) is 43.2. The smallest absolute Gasteiger partial charge is 0.407 e. The molecule has 15 nitrogen and oxygen atoms in total. The molecule has 15 heteroatoms. The first-order valence-electron chi connectivity index (χ1n) is 25.9. The summed E-state index contributed by atoms with van der Waals surface area (Å²) in [7, 11) is 0. The molecule has 0 heterocycles. The summed E-state index contributed by atoms with van der Waals surface area (Å²) < 4.78 is 16.7. The van der Waals surface area contributed by atoms with Crippen LogP contribution in [0.15, 0.2) is 48.5 Å². The number of fused-ring (bicyclic) bond motifs is 3. The van der Waals surface area contributed by atoms with Crippen LogP contribution in [0, 0.1) is 0 Å². The van der Waals surface area contributed by atoms with E-state index in [4.69, 9.17) is 14.2 Å². The van der Waals surface area contributed by atoms with Gasteiger partial charge in [0.2, 0.25) is 17.7 Å². The van der Waals surface area contributed by atoms with E-state index in [9.17, 15) is 38.7 Å². The van der Waals surface area contributed by atoms with Gasteiger partial charge in [-0.3, -0.25) is 14.4 Å². The average Bonchev–Trinajstić information content (AvgIpc) is 3.61. The summed E-state index contributed by atoms with van der Waals surface area (Å²) in [6.07, 6.45) is 15.1. The third-order valence-corrected chi connectivity index (χ3v) is 12.1. The third kappa shape index (κ3) is 23.4. The molecule has 4 amide bonds. The number of rotatable bonds is 33. The summed E-state index contributed by atoms with van der Waals surface area (Å²) in [6, 6.07) is 12.4. The van der Waals surface area contributed by atoms with Gasteiger partial charge in [-0.25, -0.2) is 19.2 Å². The second kappa shape index (κ2) is 31.0. The highest BCUT2D eigenvalue weighted by Crippen LogP contribution is 2.44. The molecule has 0 fully saturated rings. The number of carboxylic acid groups (broad SMARTS) is 1. The van der Waals surface area contributed by atoms with E-state index >= 15 is 0 Å². The Bertz CT molecular complexity index is 1930. The van der Waals surface area contributed by atoms with Crippen molar-refractivity contribution in [3.05, 3.63) is 59.7 Å². The fourth-order valence-electron chi connectivity index (χ4n) is 8.46. The molecule has 2 aromatic carbocycles. The number of carboxylic acids is 1. The Morgan fingerprint density at radius 3 is 1.44 bits per heavy atom. The number of esters is 2. The summed E-state index contributed by atoms with van der Waals surface area (Å²) >= 11 is 0. The topological polar surface area (TPSA) is 216 Å². The zero-order chi connectivity index (χ0) is 51.5. The Balaban J connectivity index is 1.41. The van der Waals surface area contributed by atoms with Crippen LogP contribution in [0.5, 0.6) is 0 Å². The predicted octanol–water partition coefficient (Wildman–Crippen LogP) is 9.96. The Morgan fingerprint density at radius 1 is 0.529 bits per heavy atom.